The molecule has 1 heterocycles. The second-order valence-corrected chi connectivity index (χ2v) is 4.20. The van der Waals surface area contributed by atoms with Gasteiger partial charge in [0.2, 0.25) is 0 Å². The van der Waals surface area contributed by atoms with Crippen molar-refractivity contribution in [1.82, 2.24) is 5.32 Å². The van der Waals surface area contributed by atoms with Gasteiger partial charge in [0, 0.05) is 17.7 Å². The number of thioether (sulfide) groups is 1. The standard InChI is InChI=1S/C7H14N2O2S/c8-6(7(10)11)2-1-5-3-9-4-12-5/h5-6,9H,1-4,8H2,(H,10,11)/t5?,6-/m0/s1. The molecule has 0 aliphatic carbocycles. The van der Waals surface area contributed by atoms with Gasteiger partial charge in [0.15, 0.2) is 0 Å². The summed E-state index contributed by atoms with van der Waals surface area (Å²) >= 11 is 1.84. The van der Waals surface area contributed by atoms with E-state index in [1.54, 1.807) is 0 Å². The number of rotatable bonds is 4. The van der Waals surface area contributed by atoms with E-state index in [1.807, 2.05) is 11.8 Å². The summed E-state index contributed by atoms with van der Waals surface area (Å²) in [4.78, 5) is 10.4. The Morgan fingerprint density at radius 3 is 3.08 bits per heavy atom. The number of nitrogens with two attached hydrogens (primary N) is 1. The number of carboxylic acid groups (broad SMARTS) is 1. The lowest BCUT2D eigenvalue weighted by atomic mass is 10.1. The zero-order chi connectivity index (χ0) is 8.97. The predicted octanol–water partition coefficient (Wildman–Crippen LogP) is -0.159. The maximum Gasteiger partial charge on any atom is 0.320 e. The first kappa shape index (κ1) is 9.83. The van der Waals surface area contributed by atoms with Gasteiger partial charge in [-0.15, -0.1) is 11.8 Å². The fourth-order valence-corrected chi connectivity index (χ4v) is 2.14. The highest BCUT2D eigenvalue weighted by atomic mass is 32.2. The van der Waals surface area contributed by atoms with Crippen molar-refractivity contribution < 1.29 is 9.90 Å². The molecule has 0 saturated carbocycles. The Morgan fingerprint density at radius 2 is 2.58 bits per heavy atom. The van der Waals surface area contributed by atoms with Crippen LogP contribution in [0.2, 0.25) is 0 Å². The van der Waals surface area contributed by atoms with Gasteiger partial charge in [-0.25, -0.2) is 0 Å². The third kappa shape index (κ3) is 3.00. The van der Waals surface area contributed by atoms with Gasteiger partial charge in [0.25, 0.3) is 0 Å². The Kier molecular flexibility index (Phi) is 3.84. The minimum absolute atomic E-state index is 0.551. The quantitative estimate of drug-likeness (QED) is 0.574. The van der Waals surface area contributed by atoms with E-state index in [2.05, 4.69) is 5.32 Å². The highest BCUT2D eigenvalue weighted by Crippen LogP contribution is 2.19. The molecule has 0 aromatic heterocycles. The first-order valence-electron chi connectivity index (χ1n) is 4.01. The third-order valence-corrected chi connectivity index (χ3v) is 3.15. The van der Waals surface area contributed by atoms with Crippen molar-refractivity contribution in [3.8, 4) is 0 Å². The summed E-state index contributed by atoms with van der Waals surface area (Å²) in [5.41, 5.74) is 5.37. The molecule has 4 nitrogen and oxygen atoms in total. The molecule has 4 N–H and O–H groups in total. The van der Waals surface area contributed by atoms with E-state index in [-0.39, 0.29) is 0 Å². The lowest BCUT2D eigenvalue weighted by molar-refractivity contribution is -0.138. The smallest absolute Gasteiger partial charge is 0.320 e. The van der Waals surface area contributed by atoms with Gasteiger partial charge >= 0.3 is 5.97 Å². The van der Waals surface area contributed by atoms with E-state index in [0.29, 0.717) is 11.7 Å². The van der Waals surface area contributed by atoms with Crippen LogP contribution in [0.1, 0.15) is 12.8 Å². The average Bonchev–Trinajstić information content (AvgIpc) is 2.51. The molecule has 12 heavy (non-hydrogen) atoms. The fraction of sp³-hybridized carbons (Fsp3) is 0.857. The summed E-state index contributed by atoms with van der Waals surface area (Å²) in [6.45, 7) is 0.983. The van der Waals surface area contributed by atoms with Crippen LogP contribution in [0.15, 0.2) is 0 Å². The van der Waals surface area contributed by atoms with Gasteiger partial charge in [0.05, 0.1) is 0 Å². The number of hydrogen-bond donors (Lipinski definition) is 3. The van der Waals surface area contributed by atoms with E-state index in [1.165, 1.54) is 0 Å². The van der Waals surface area contributed by atoms with E-state index in [9.17, 15) is 4.79 Å². The van der Waals surface area contributed by atoms with Crippen LogP contribution in [0.4, 0.5) is 0 Å². The topological polar surface area (TPSA) is 75.3 Å². The number of carboxylic acids is 1. The Balaban J connectivity index is 2.11. The van der Waals surface area contributed by atoms with E-state index in [0.717, 1.165) is 18.8 Å². The number of aliphatic carboxylic acids is 1. The molecule has 0 spiro atoms. The molecule has 1 unspecified atom stereocenters. The number of carbonyl (C=O) groups is 1. The van der Waals surface area contributed by atoms with Gasteiger partial charge < -0.3 is 16.2 Å². The summed E-state index contributed by atoms with van der Waals surface area (Å²) in [5, 5.41) is 12.3. The molecular weight excluding hydrogens is 176 g/mol. The molecule has 1 saturated heterocycles. The lowest BCUT2D eigenvalue weighted by Gasteiger charge is -2.09. The summed E-state index contributed by atoms with van der Waals surface area (Å²) in [6.07, 6.45) is 1.47. The molecule has 0 bridgehead atoms. The lowest BCUT2D eigenvalue weighted by Crippen LogP contribution is -2.31. The van der Waals surface area contributed by atoms with Crippen molar-refractivity contribution in [2.24, 2.45) is 5.73 Å². The van der Waals surface area contributed by atoms with Crippen LogP contribution in [-0.2, 0) is 4.79 Å². The van der Waals surface area contributed by atoms with Crippen molar-refractivity contribution in [2.75, 3.05) is 12.4 Å². The molecule has 1 aliphatic rings. The van der Waals surface area contributed by atoms with Crippen LogP contribution >= 0.6 is 11.8 Å². The summed E-state index contributed by atoms with van der Waals surface area (Å²) < 4.78 is 0. The molecule has 1 fully saturated rings. The molecule has 70 valence electrons. The average molecular weight is 190 g/mol. The van der Waals surface area contributed by atoms with Crippen molar-refractivity contribution in [3.05, 3.63) is 0 Å². The Morgan fingerprint density at radius 1 is 1.83 bits per heavy atom. The predicted molar refractivity (Wildman–Crippen MR) is 49.1 cm³/mol. The van der Waals surface area contributed by atoms with Crippen molar-refractivity contribution in [1.29, 1.82) is 0 Å². The number of hydrogen-bond acceptors (Lipinski definition) is 4. The van der Waals surface area contributed by atoms with Gasteiger partial charge in [0.1, 0.15) is 6.04 Å². The van der Waals surface area contributed by atoms with E-state index in [4.69, 9.17) is 10.8 Å². The Bertz CT molecular complexity index is 159. The maximum atomic E-state index is 10.4. The van der Waals surface area contributed by atoms with Gasteiger partial charge in [-0.1, -0.05) is 0 Å². The van der Waals surface area contributed by atoms with Gasteiger partial charge in [-0.3, -0.25) is 4.79 Å². The zero-order valence-corrected chi connectivity index (χ0v) is 7.64. The third-order valence-electron chi connectivity index (χ3n) is 1.91. The normalized spacial score (nSPS) is 25.6. The highest BCUT2D eigenvalue weighted by molar-refractivity contribution is 8.00. The summed E-state index contributed by atoms with van der Waals surface area (Å²) in [6, 6.07) is -0.689. The minimum atomic E-state index is -0.897. The van der Waals surface area contributed by atoms with Crippen LogP contribution in [-0.4, -0.2) is 34.8 Å². The minimum Gasteiger partial charge on any atom is -0.480 e. The molecule has 1 rings (SSSR count). The van der Waals surface area contributed by atoms with Crippen LogP contribution in [0.5, 0.6) is 0 Å². The SMILES string of the molecule is N[C@@H](CCC1CNCS1)C(=O)O. The Labute approximate surface area is 75.9 Å². The van der Waals surface area contributed by atoms with E-state index >= 15 is 0 Å². The van der Waals surface area contributed by atoms with Gasteiger partial charge in [-0.05, 0) is 12.8 Å². The maximum absolute atomic E-state index is 10.4. The summed E-state index contributed by atoms with van der Waals surface area (Å²) in [5.74, 6) is 0.0819. The van der Waals surface area contributed by atoms with Crippen LogP contribution in [0, 0.1) is 0 Å². The molecule has 2 atom stereocenters. The first-order chi connectivity index (χ1) is 5.70. The van der Waals surface area contributed by atoms with Crippen LogP contribution < -0.4 is 11.1 Å². The fourth-order valence-electron chi connectivity index (χ4n) is 1.13. The monoisotopic (exact) mass is 190 g/mol. The molecule has 1 aliphatic heterocycles. The van der Waals surface area contributed by atoms with Crippen molar-refractivity contribution >= 4 is 17.7 Å². The molecule has 5 heteroatoms. The zero-order valence-electron chi connectivity index (χ0n) is 6.82. The summed E-state index contributed by atoms with van der Waals surface area (Å²) in [7, 11) is 0. The molecule has 0 amide bonds. The van der Waals surface area contributed by atoms with Crippen molar-refractivity contribution in [2.45, 2.75) is 24.1 Å². The molecular formula is C7H14N2O2S. The van der Waals surface area contributed by atoms with E-state index < -0.39 is 12.0 Å². The molecule has 0 radical (unpaired) electrons. The second-order valence-electron chi connectivity index (χ2n) is 2.91. The van der Waals surface area contributed by atoms with Crippen LogP contribution in [0.3, 0.4) is 0 Å². The molecule has 0 aromatic rings. The first-order valence-corrected chi connectivity index (χ1v) is 5.05. The highest BCUT2D eigenvalue weighted by Gasteiger charge is 2.18. The Hall–Kier alpha value is -0.260. The second kappa shape index (κ2) is 4.69. The number of nitrogens with one attached hydrogen (secondary N) is 1. The van der Waals surface area contributed by atoms with Crippen molar-refractivity contribution in [3.63, 3.8) is 0 Å². The molecule has 0 aromatic carbocycles. The largest absolute Gasteiger partial charge is 0.480 e. The van der Waals surface area contributed by atoms with Crippen LogP contribution in [0.25, 0.3) is 0 Å². The van der Waals surface area contributed by atoms with Gasteiger partial charge in [-0.2, -0.15) is 0 Å².